The zero-order valence-corrected chi connectivity index (χ0v) is 10.9. The maximum absolute atomic E-state index is 10.9. The molecule has 1 aliphatic rings. The lowest BCUT2D eigenvalue weighted by atomic mass is 10.1. The van der Waals surface area contributed by atoms with Crippen molar-refractivity contribution in [2.75, 3.05) is 5.73 Å². The third-order valence-corrected chi connectivity index (χ3v) is 2.95. The van der Waals surface area contributed by atoms with E-state index in [0.717, 1.165) is 6.33 Å². The molecule has 2 atom stereocenters. The number of rotatable bonds is 3. The van der Waals surface area contributed by atoms with E-state index in [-0.39, 0.29) is 11.7 Å². The van der Waals surface area contributed by atoms with Gasteiger partial charge in [-0.1, -0.05) is 11.6 Å². The van der Waals surface area contributed by atoms with E-state index in [2.05, 4.69) is 9.97 Å². The van der Waals surface area contributed by atoms with Gasteiger partial charge in [0.05, 0.1) is 10.3 Å². The third-order valence-electron chi connectivity index (χ3n) is 2.32. The van der Waals surface area contributed by atoms with Gasteiger partial charge in [0.1, 0.15) is 12.4 Å². The fourth-order valence-corrected chi connectivity index (χ4v) is 2.01. The number of halogens is 2. The second-order valence-corrected chi connectivity index (χ2v) is 4.55. The predicted molar refractivity (Wildman–Crippen MR) is 70.2 cm³/mol. The van der Waals surface area contributed by atoms with Crippen LogP contribution in [0.4, 0.5) is 11.5 Å². The van der Waals surface area contributed by atoms with Gasteiger partial charge in [-0.3, -0.25) is 10.1 Å². The number of hydrogen-bond acceptors (Lipinski definition) is 6. The van der Waals surface area contributed by atoms with E-state index in [4.69, 9.17) is 33.7 Å². The Morgan fingerprint density at radius 3 is 2.84 bits per heavy atom. The van der Waals surface area contributed by atoms with Crippen LogP contribution < -0.4 is 10.5 Å². The molecule has 19 heavy (non-hydrogen) atoms. The summed E-state index contributed by atoms with van der Waals surface area (Å²) in [6.45, 7) is 0. The maximum Gasteiger partial charge on any atom is 0.372 e. The fourth-order valence-electron chi connectivity index (χ4n) is 1.46. The Morgan fingerprint density at radius 1 is 1.47 bits per heavy atom. The lowest BCUT2D eigenvalue weighted by Crippen LogP contribution is -2.27. The molecule has 1 heterocycles. The van der Waals surface area contributed by atoms with E-state index in [1.54, 1.807) is 18.2 Å². The Balaban J connectivity index is 2.28. The van der Waals surface area contributed by atoms with Crippen molar-refractivity contribution in [1.29, 1.82) is 0 Å². The van der Waals surface area contributed by atoms with Gasteiger partial charge in [-0.25, -0.2) is 4.98 Å². The molecule has 7 nitrogen and oxygen atoms in total. The molecule has 0 aromatic carbocycles. The average molecular weight is 303 g/mol. The van der Waals surface area contributed by atoms with Crippen molar-refractivity contribution in [2.24, 2.45) is 0 Å². The van der Waals surface area contributed by atoms with E-state index in [9.17, 15) is 10.1 Å². The topological polar surface area (TPSA) is 104 Å². The highest BCUT2D eigenvalue weighted by Crippen LogP contribution is 2.31. The fraction of sp³-hybridized carbons (Fsp3) is 0.200. The van der Waals surface area contributed by atoms with E-state index < -0.39 is 22.1 Å². The highest BCUT2D eigenvalue weighted by Gasteiger charge is 2.27. The number of anilines is 1. The zero-order valence-electron chi connectivity index (χ0n) is 9.36. The first-order chi connectivity index (χ1) is 8.99. The summed E-state index contributed by atoms with van der Waals surface area (Å²) in [7, 11) is 0. The van der Waals surface area contributed by atoms with Crippen molar-refractivity contribution in [3.05, 3.63) is 39.7 Å². The summed E-state index contributed by atoms with van der Waals surface area (Å²) in [4.78, 5) is 17.4. The molecule has 0 bridgehead atoms. The molecule has 0 aliphatic heterocycles. The van der Waals surface area contributed by atoms with Crippen molar-refractivity contribution in [3.8, 4) is 5.88 Å². The molecule has 2 N–H and O–H groups in total. The second-order valence-electron chi connectivity index (χ2n) is 3.61. The van der Waals surface area contributed by atoms with Crippen molar-refractivity contribution < 1.29 is 9.66 Å². The molecule has 0 amide bonds. The van der Waals surface area contributed by atoms with E-state index in [1.165, 1.54) is 0 Å². The quantitative estimate of drug-likeness (QED) is 0.520. The standard InChI is InChI=1S/C10H8Cl2N4O3/c11-5-1-2-7(6(12)3-5)19-10-8(16(17)18)9(13)14-4-15-10/h1-4,6-7H,(H2,13,14,15)/t6-,7-/m1/s1. The molecule has 2 rings (SSSR count). The number of nitrogens with zero attached hydrogens (tertiary/aromatic N) is 3. The molecule has 1 aromatic heterocycles. The normalized spacial score (nSPS) is 21.9. The van der Waals surface area contributed by atoms with Gasteiger partial charge in [-0.15, -0.1) is 11.6 Å². The zero-order chi connectivity index (χ0) is 14.0. The molecule has 0 fully saturated rings. The van der Waals surface area contributed by atoms with Gasteiger partial charge in [0.2, 0.25) is 5.82 Å². The van der Waals surface area contributed by atoms with Crippen LogP contribution in [0.1, 0.15) is 0 Å². The molecular formula is C10H8Cl2N4O3. The van der Waals surface area contributed by atoms with Crippen LogP contribution in [-0.2, 0) is 0 Å². The number of alkyl halides is 1. The first kappa shape index (κ1) is 13.6. The molecular weight excluding hydrogens is 295 g/mol. The summed E-state index contributed by atoms with van der Waals surface area (Å²) in [6, 6.07) is 0. The number of hydrogen-bond donors (Lipinski definition) is 1. The van der Waals surface area contributed by atoms with Gasteiger partial charge < -0.3 is 10.5 Å². The number of ether oxygens (including phenoxy) is 1. The van der Waals surface area contributed by atoms with Crippen LogP contribution in [0.3, 0.4) is 0 Å². The van der Waals surface area contributed by atoms with Crippen molar-refractivity contribution >= 4 is 34.7 Å². The highest BCUT2D eigenvalue weighted by molar-refractivity contribution is 6.32. The lowest BCUT2D eigenvalue weighted by molar-refractivity contribution is -0.385. The number of aromatic nitrogens is 2. The van der Waals surface area contributed by atoms with Gasteiger partial charge in [-0.2, -0.15) is 4.98 Å². The van der Waals surface area contributed by atoms with Gasteiger partial charge in [0.25, 0.3) is 5.88 Å². The van der Waals surface area contributed by atoms with Crippen LogP contribution in [0, 0.1) is 10.1 Å². The lowest BCUT2D eigenvalue weighted by Gasteiger charge is -2.20. The van der Waals surface area contributed by atoms with E-state index in [0.29, 0.717) is 5.03 Å². The van der Waals surface area contributed by atoms with Crippen LogP contribution >= 0.6 is 23.2 Å². The Kier molecular flexibility index (Phi) is 3.87. The van der Waals surface area contributed by atoms with Crippen molar-refractivity contribution in [1.82, 2.24) is 9.97 Å². The summed E-state index contributed by atoms with van der Waals surface area (Å²) in [5.41, 5.74) is 4.94. The second kappa shape index (κ2) is 5.41. The number of allylic oxidation sites excluding steroid dienone is 2. The Labute approximate surface area is 117 Å². The number of nitrogens with two attached hydrogens (primary N) is 1. The molecule has 0 spiro atoms. The maximum atomic E-state index is 10.9. The summed E-state index contributed by atoms with van der Waals surface area (Å²) >= 11 is 11.8. The molecule has 9 heteroatoms. The molecule has 1 aliphatic carbocycles. The van der Waals surface area contributed by atoms with Crippen LogP contribution in [0.15, 0.2) is 29.6 Å². The molecule has 1 aromatic rings. The van der Waals surface area contributed by atoms with Gasteiger partial charge in [0.15, 0.2) is 0 Å². The third kappa shape index (κ3) is 2.94. The monoisotopic (exact) mass is 302 g/mol. The largest absolute Gasteiger partial charge is 0.463 e. The first-order valence-corrected chi connectivity index (χ1v) is 5.91. The van der Waals surface area contributed by atoms with Crippen LogP contribution in [0.2, 0.25) is 0 Å². The van der Waals surface area contributed by atoms with E-state index >= 15 is 0 Å². The average Bonchev–Trinajstić information content (AvgIpc) is 2.32. The minimum absolute atomic E-state index is 0.232. The van der Waals surface area contributed by atoms with Crippen molar-refractivity contribution in [3.63, 3.8) is 0 Å². The molecule has 0 unspecified atom stereocenters. The Hall–Kier alpha value is -1.86. The van der Waals surface area contributed by atoms with Crippen LogP contribution in [0.25, 0.3) is 0 Å². The Bertz CT molecular complexity index is 576. The van der Waals surface area contributed by atoms with Crippen molar-refractivity contribution in [2.45, 2.75) is 11.5 Å². The predicted octanol–water partition coefficient (Wildman–Crippen LogP) is 2.01. The Morgan fingerprint density at radius 2 is 2.21 bits per heavy atom. The number of nitrogen functional groups attached to an aromatic ring is 1. The molecule has 0 radical (unpaired) electrons. The molecule has 100 valence electrons. The van der Waals surface area contributed by atoms with Crippen LogP contribution in [-0.4, -0.2) is 26.4 Å². The summed E-state index contributed by atoms with van der Waals surface area (Å²) in [5, 5.41) is 10.8. The van der Waals surface area contributed by atoms with Gasteiger partial charge in [-0.05, 0) is 18.2 Å². The van der Waals surface area contributed by atoms with Gasteiger partial charge in [0, 0.05) is 5.03 Å². The summed E-state index contributed by atoms with van der Waals surface area (Å²) < 4.78 is 5.39. The summed E-state index contributed by atoms with van der Waals surface area (Å²) in [6.07, 6.45) is 5.18. The van der Waals surface area contributed by atoms with Gasteiger partial charge >= 0.3 is 5.69 Å². The SMILES string of the molecule is Nc1ncnc(O[C@@H]2C=CC(Cl)=C[C@H]2Cl)c1[N+](=O)[O-]. The summed E-state index contributed by atoms with van der Waals surface area (Å²) in [5.74, 6) is -0.501. The van der Waals surface area contributed by atoms with E-state index in [1.807, 2.05) is 0 Å². The smallest absolute Gasteiger partial charge is 0.372 e. The molecule has 0 saturated carbocycles. The minimum Gasteiger partial charge on any atom is -0.463 e. The highest BCUT2D eigenvalue weighted by atomic mass is 35.5. The minimum atomic E-state index is -0.705. The molecule has 0 saturated heterocycles. The van der Waals surface area contributed by atoms with Crippen LogP contribution in [0.5, 0.6) is 5.88 Å². The number of nitro groups is 1. The first-order valence-electron chi connectivity index (χ1n) is 5.10.